The first-order valence-corrected chi connectivity index (χ1v) is 9.31. The quantitative estimate of drug-likeness (QED) is 0.863. The van der Waals surface area contributed by atoms with Gasteiger partial charge in [-0.25, -0.2) is 4.79 Å². The van der Waals surface area contributed by atoms with Gasteiger partial charge in [-0.05, 0) is 58.1 Å². The molecule has 1 saturated carbocycles. The molecule has 2 N–H and O–H groups in total. The summed E-state index contributed by atoms with van der Waals surface area (Å²) >= 11 is 0. The molecule has 5 nitrogen and oxygen atoms in total. The van der Waals surface area contributed by atoms with E-state index in [1.165, 1.54) is 12.8 Å². The molecule has 0 unspecified atom stereocenters. The summed E-state index contributed by atoms with van der Waals surface area (Å²) < 4.78 is 11.6. The predicted molar refractivity (Wildman–Crippen MR) is 93.1 cm³/mol. The van der Waals surface area contributed by atoms with Gasteiger partial charge in [0.25, 0.3) is 0 Å². The van der Waals surface area contributed by atoms with E-state index in [4.69, 9.17) is 9.15 Å². The van der Waals surface area contributed by atoms with Crippen molar-refractivity contribution >= 4 is 6.03 Å². The fraction of sp³-hybridized carbons (Fsp3) is 0.737. The van der Waals surface area contributed by atoms with Crippen molar-refractivity contribution in [2.45, 2.75) is 82.9 Å². The molecule has 1 aromatic rings. The molecule has 1 aliphatic heterocycles. The van der Waals surface area contributed by atoms with Gasteiger partial charge in [0.15, 0.2) is 0 Å². The maximum absolute atomic E-state index is 12.3. The first-order chi connectivity index (χ1) is 11.5. The van der Waals surface area contributed by atoms with Gasteiger partial charge in [-0.3, -0.25) is 0 Å². The Kier molecular flexibility index (Phi) is 5.49. The highest BCUT2D eigenvalue weighted by Crippen LogP contribution is 2.39. The number of urea groups is 1. The molecule has 0 bridgehead atoms. The Morgan fingerprint density at radius 1 is 1.38 bits per heavy atom. The highest BCUT2D eigenvalue weighted by Gasteiger charge is 2.40. The zero-order valence-corrected chi connectivity index (χ0v) is 14.9. The van der Waals surface area contributed by atoms with E-state index in [2.05, 4.69) is 10.6 Å². The molecule has 0 radical (unpaired) electrons. The predicted octanol–water partition coefficient (Wildman–Crippen LogP) is 3.70. The summed E-state index contributed by atoms with van der Waals surface area (Å²) in [7, 11) is 0. The van der Waals surface area contributed by atoms with Crippen molar-refractivity contribution in [1.82, 2.24) is 10.6 Å². The van der Waals surface area contributed by atoms with Gasteiger partial charge in [0.1, 0.15) is 11.5 Å². The van der Waals surface area contributed by atoms with Crippen molar-refractivity contribution in [3.05, 3.63) is 23.7 Å². The fourth-order valence-corrected chi connectivity index (χ4v) is 4.02. The van der Waals surface area contributed by atoms with Crippen LogP contribution in [0.5, 0.6) is 0 Å². The van der Waals surface area contributed by atoms with Crippen LogP contribution in [0.25, 0.3) is 0 Å². The minimum atomic E-state index is -0.0572. The number of carbonyl (C=O) groups is 1. The average Bonchev–Trinajstić information content (AvgIpc) is 3.14. The van der Waals surface area contributed by atoms with Crippen LogP contribution in [-0.4, -0.2) is 30.3 Å². The van der Waals surface area contributed by atoms with Crippen molar-refractivity contribution in [3.8, 4) is 0 Å². The second-order valence-corrected chi connectivity index (χ2v) is 7.50. The molecule has 2 heterocycles. The van der Waals surface area contributed by atoms with E-state index in [0.717, 1.165) is 56.7 Å². The van der Waals surface area contributed by atoms with Crippen molar-refractivity contribution in [3.63, 3.8) is 0 Å². The average molecular weight is 334 g/mol. The van der Waals surface area contributed by atoms with Crippen LogP contribution in [0.1, 0.15) is 63.4 Å². The third kappa shape index (κ3) is 4.53. The SMILES string of the molecule is Cc1ccc(CC[C@@H](C)NC(=O)N[C@H]2CCOC3(CCCC3)C2)o1. The van der Waals surface area contributed by atoms with Gasteiger partial charge >= 0.3 is 6.03 Å². The van der Waals surface area contributed by atoms with E-state index >= 15 is 0 Å². The number of amides is 2. The van der Waals surface area contributed by atoms with E-state index in [-0.39, 0.29) is 23.7 Å². The Bertz CT molecular complexity index is 549. The second-order valence-electron chi connectivity index (χ2n) is 7.50. The Morgan fingerprint density at radius 3 is 2.88 bits per heavy atom. The van der Waals surface area contributed by atoms with Gasteiger partial charge in [-0.15, -0.1) is 0 Å². The summed E-state index contributed by atoms with van der Waals surface area (Å²) in [4.78, 5) is 12.3. The van der Waals surface area contributed by atoms with Crippen molar-refractivity contribution in [2.24, 2.45) is 0 Å². The van der Waals surface area contributed by atoms with Crippen LogP contribution in [0.3, 0.4) is 0 Å². The molecule has 1 aliphatic carbocycles. The monoisotopic (exact) mass is 334 g/mol. The maximum Gasteiger partial charge on any atom is 0.315 e. The first kappa shape index (κ1) is 17.3. The number of hydrogen-bond acceptors (Lipinski definition) is 3. The van der Waals surface area contributed by atoms with Gasteiger partial charge in [0.2, 0.25) is 0 Å². The number of hydrogen-bond donors (Lipinski definition) is 2. The third-order valence-electron chi connectivity index (χ3n) is 5.34. The summed E-state index contributed by atoms with van der Waals surface area (Å²) in [5.41, 5.74) is 0.0406. The topological polar surface area (TPSA) is 63.5 Å². The lowest BCUT2D eigenvalue weighted by molar-refractivity contribution is -0.0820. The fourth-order valence-electron chi connectivity index (χ4n) is 4.02. The molecule has 0 aromatic carbocycles. The number of carbonyl (C=O) groups excluding carboxylic acids is 1. The lowest BCUT2D eigenvalue weighted by atomic mass is 9.89. The number of ether oxygens (including phenoxy) is 1. The van der Waals surface area contributed by atoms with E-state index < -0.39 is 0 Å². The molecule has 2 fully saturated rings. The molecule has 5 heteroatoms. The van der Waals surface area contributed by atoms with Crippen LogP contribution in [0.15, 0.2) is 16.5 Å². The smallest absolute Gasteiger partial charge is 0.315 e. The van der Waals surface area contributed by atoms with Gasteiger partial charge in [-0.2, -0.15) is 0 Å². The molecule has 1 aromatic heterocycles. The van der Waals surface area contributed by atoms with Crippen LogP contribution >= 0.6 is 0 Å². The Labute approximate surface area is 144 Å². The van der Waals surface area contributed by atoms with E-state index in [1.54, 1.807) is 0 Å². The summed E-state index contributed by atoms with van der Waals surface area (Å²) in [5, 5.41) is 6.20. The van der Waals surface area contributed by atoms with Gasteiger partial charge in [0, 0.05) is 25.1 Å². The summed E-state index contributed by atoms with van der Waals surface area (Å²) in [5.74, 6) is 1.91. The summed E-state index contributed by atoms with van der Waals surface area (Å²) in [6.07, 6.45) is 8.38. The minimum Gasteiger partial charge on any atom is -0.466 e. The molecule has 24 heavy (non-hydrogen) atoms. The van der Waals surface area contributed by atoms with Gasteiger partial charge in [0.05, 0.1) is 5.60 Å². The molecule has 2 atom stereocenters. The van der Waals surface area contributed by atoms with E-state index in [0.29, 0.717) is 0 Å². The van der Waals surface area contributed by atoms with Crippen LogP contribution in [0.2, 0.25) is 0 Å². The Morgan fingerprint density at radius 2 is 2.17 bits per heavy atom. The van der Waals surface area contributed by atoms with E-state index in [9.17, 15) is 4.79 Å². The van der Waals surface area contributed by atoms with Crippen LogP contribution < -0.4 is 10.6 Å². The van der Waals surface area contributed by atoms with Crippen molar-refractivity contribution in [2.75, 3.05) is 6.61 Å². The molecule has 2 amide bonds. The van der Waals surface area contributed by atoms with Gasteiger partial charge < -0.3 is 19.8 Å². The Hall–Kier alpha value is -1.49. The largest absolute Gasteiger partial charge is 0.466 e. The molecule has 134 valence electrons. The molecular formula is C19H30N2O3. The standard InChI is InChI=1S/C19H30N2O3/c1-14(5-7-17-8-6-15(2)24-17)20-18(22)21-16-9-12-23-19(13-16)10-3-4-11-19/h6,8,14,16H,3-5,7,9-13H2,1-2H3,(H2,20,21,22)/t14-,16+/m1/s1. The number of nitrogens with one attached hydrogen (secondary N) is 2. The van der Waals surface area contributed by atoms with Crippen LogP contribution in [0.4, 0.5) is 4.79 Å². The van der Waals surface area contributed by atoms with Crippen molar-refractivity contribution in [1.29, 1.82) is 0 Å². The van der Waals surface area contributed by atoms with Crippen molar-refractivity contribution < 1.29 is 13.9 Å². The minimum absolute atomic E-state index is 0.0406. The summed E-state index contributed by atoms with van der Waals surface area (Å²) in [6.45, 7) is 4.75. The highest BCUT2D eigenvalue weighted by molar-refractivity contribution is 5.74. The second kappa shape index (κ2) is 7.60. The molecule has 3 rings (SSSR count). The van der Waals surface area contributed by atoms with Crippen LogP contribution in [-0.2, 0) is 11.2 Å². The van der Waals surface area contributed by atoms with Crippen LogP contribution in [0, 0.1) is 6.92 Å². The number of rotatable bonds is 5. The lowest BCUT2D eigenvalue weighted by Crippen LogP contribution is -2.51. The maximum atomic E-state index is 12.3. The lowest BCUT2D eigenvalue weighted by Gasteiger charge is -2.38. The Balaban J connectivity index is 1.39. The molecule has 1 saturated heterocycles. The number of aryl methyl sites for hydroxylation is 2. The van der Waals surface area contributed by atoms with E-state index in [1.807, 2.05) is 26.0 Å². The first-order valence-electron chi connectivity index (χ1n) is 9.31. The third-order valence-corrected chi connectivity index (χ3v) is 5.34. The zero-order valence-electron chi connectivity index (χ0n) is 14.9. The highest BCUT2D eigenvalue weighted by atomic mass is 16.5. The van der Waals surface area contributed by atoms with Gasteiger partial charge in [-0.1, -0.05) is 12.8 Å². The normalized spacial score (nSPS) is 24.0. The molecular weight excluding hydrogens is 304 g/mol. The number of furan rings is 1. The zero-order chi connectivity index (χ0) is 17.0. The molecule has 2 aliphatic rings. The summed E-state index contributed by atoms with van der Waals surface area (Å²) in [6, 6.07) is 4.28. The molecule has 1 spiro atoms.